The van der Waals surface area contributed by atoms with Crippen molar-refractivity contribution in [3.8, 4) is 11.1 Å². The van der Waals surface area contributed by atoms with Gasteiger partial charge in [-0.25, -0.2) is 4.98 Å². The van der Waals surface area contributed by atoms with E-state index in [1.165, 1.54) is 0 Å². The number of fused-ring (bicyclic) bond motifs is 1. The SMILES string of the molecule is CCN(C(=O)c1cccc(-c2cc(C)c3nccn3c2)c1)C1COCC1O. The minimum absolute atomic E-state index is 0.0886. The molecule has 1 aliphatic rings. The van der Waals surface area contributed by atoms with Crippen molar-refractivity contribution < 1.29 is 14.6 Å². The lowest BCUT2D eigenvalue weighted by atomic mass is 10.0. The van der Waals surface area contributed by atoms with Crippen LogP contribution in [0.15, 0.2) is 48.9 Å². The third kappa shape index (κ3) is 3.22. The van der Waals surface area contributed by atoms with Gasteiger partial charge in [0.05, 0.1) is 25.4 Å². The first-order valence-corrected chi connectivity index (χ1v) is 9.19. The summed E-state index contributed by atoms with van der Waals surface area (Å²) in [6.07, 6.45) is 5.08. The van der Waals surface area contributed by atoms with Gasteiger partial charge in [0.25, 0.3) is 5.91 Å². The van der Waals surface area contributed by atoms with Gasteiger partial charge in [-0.3, -0.25) is 4.79 Å². The Morgan fingerprint density at radius 3 is 2.93 bits per heavy atom. The van der Waals surface area contributed by atoms with Gasteiger partial charge >= 0.3 is 0 Å². The van der Waals surface area contributed by atoms with Crippen LogP contribution < -0.4 is 0 Å². The second-order valence-electron chi connectivity index (χ2n) is 6.91. The van der Waals surface area contributed by atoms with Crippen molar-refractivity contribution in [3.63, 3.8) is 0 Å². The maximum atomic E-state index is 13.1. The molecule has 1 amide bonds. The van der Waals surface area contributed by atoms with E-state index in [4.69, 9.17) is 4.74 Å². The van der Waals surface area contributed by atoms with Gasteiger partial charge in [0, 0.05) is 30.7 Å². The average Bonchev–Trinajstić information content (AvgIpc) is 3.32. The summed E-state index contributed by atoms with van der Waals surface area (Å²) in [7, 11) is 0. The fourth-order valence-corrected chi connectivity index (χ4v) is 3.72. The Hall–Kier alpha value is -2.70. The molecule has 1 aliphatic heterocycles. The maximum absolute atomic E-state index is 13.1. The largest absolute Gasteiger partial charge is 0.388 e. The number of aromatic nitrogens is 2. The number of nitrogens with zero attached hydrogens (tertiary/aromatic N) is 3. The fourth-order valence-electron chi connectivity index (χ4n) is 3.72. The number of hydrogen-bond donors (Lipinski definition) is 1. The Morgan fingerprint density at radius 1 is 1.33 bits per heavy atom. The zero-order chi connectivity index (χ0) is 19.0. The minimum Gasteiger partial charge on any atom is -0.388 e. The monoisotopic (exact) mass is 365 g/mol. The van der Waals surface area contributed by atoms with E-state index in [1.807, 2.05) is 54.9 Å². The maximum Gasteiger partial charge on any atom is 0.254 e. The predicted octanol–water partition coefficient (Wildman–Crippen LogP) is 2.53. The zero-order valence-corrected chi connectivity index (χ0v) is 15.5. The van der Waals surface area contributed by atoms with Gasteiger partial charge in [-0.15, -0.1) is 0 Å². The van der Waals surface area contributed by atoms with Crippen LogP contribution in [0, 0.1) is 6.92 Å². The highest BCUT2D eigenvalue weighted by molar-refractivity contribution is 5.95. The highest BCUT2D eigenvalue weighted by Gasteiger charge is 2.34. The van der Waals surface area contributed by atoms with Crippen molar-refractivity contribution >= 4 is 11.6 Å². The van der Waals surface area contributed by atoms with Crippen molar-refractivity contribution in [1.29, 1.82) is 0 Å². The lowest BCUT2D eigenvalue weighted by Gasteiger charge is -2.29. The Bertz CT molecular complexity index is 982. The summed E-state index contributed by atoms with van der Waals surface area (Å²) >= 11 is 0. The average molecular weight is 365 g/mol. The van der Waals surface area contributed by atoms with Crippen LogP contribution in [0.2, 0.25) is 0 Å². The summed E-state index contributed by atoms with van der Waals surface area (Å²) in [4.78, 5) is 19.1. The van der Waals surface area contributed by atoms with Crippen LogP contribution in [0.1, 0.15) is 22.8 Å². The molecule has 2 unspecified atom stereocenters. The quantitative estimate of drug-likeness (QED) is 0.772. The van der Waals surface area contributed by atoms with Crippen LogP contribution in [-0.4, -0.2) is 57.2 Å². The molecule has 3 aromatic rings. The van der Waals surface area contributed by atoms with Crippen LogP contribution in [0.4, 0.5) is 0 Å². The molecule has 1 N–H and O–H groups in total. The number of aliphatic hydroxyl groups excluding tert-OH is 1. The molecule has 140 valence electrons. The summed E-state index contributed by atoms with van der Waals surface area (Å²) in [5.41, 5.74) is 4.62. The van der Waals surface area contributed by atoms with E-state index in [2.05, 4.69) is 11.1 Å². The standard InChI is InChI=1S/C21H23N3O3/c1-3-24(18-12-27-13-19(18)25)21(26)16-6-4-5-15(10-16)17-9-14(2)20-22-7-8-23(20)11-17/h4-11,18-19,25H,3,12-13H2,1-2H3. The number of hydrogen-bond acceptors (Lipinski definition) is 4. The number of imidazole rings is 1. The Morgan fingerprint density at radius 2 is 2.19 bits per heavy atom. The van der Waals surface area contributed by atoms with Crippen LogP contribution in [0.5, 0.6) is 0 Å². The van der Waals surface area contributed by atoms with Crippen LogP contribution in [0.3, 0.4) is 0 Å². The molecule has 6 nitrogen and oxygen atoms in total. The molecule has 2 atom stereocenters. The van der Waals surface area contributed by atoms with Gasteiger partial charge < -0.3 is 19.1 Å². The third-order valence-corrected chi connectivity index (χ3v) is 5.14. The number of pyridine rings is 1. The number of aliphatic hydroxyl groups is 1. The first kappa shape index (κ1) is 17.7. The van der Waals surface area contributed by atoms with Gasteiger partial charge in [-0.2, -0.15) is 0 Å². The zero-order valence-electron chi connectivity index (χ0n) is 15.5. The Kier molecular flexibility index (Phi) is 4.68. The van der Waals surface area contributed by atoms with Crippen LogP contribution in [0.25, 0.3) is 16.8 Å². The fraction of sp³-hybridized carbons (Fsp3) is 0.333. The molecule has 0 saturated carbocycles. The number of amides is 1. The van der Waals surface area contributed by atoms with E-state index in [1.54, 1.807) is 11.1 Å². The molecular weight excluding hydrogens is 342 g/mol. The summed E-state index contributed by atoms with van der Waals surface area (Å²) in [6.45, 7) is 5.12. The van der Waals surface area contributed by atoms with Crippen molar-refractivity contribution in [2.24, 2.45) is 0 Å². The van der Waals surface area contributed by atoms with Crippen LogP contribution in [-0.2, 0) is 4.74 Å². The van der Waals surface area contributed by atoms with Crippen molar-refractivity contribution in [2.45, 2.75) is 26.0 Å². The number of aryl methyl sites for hydroxylation is 1. The highest BCUT2D eigenvalue weighted by Crippen LogP contribution is 2.25. The molecule has 27 heavy (non-hydrogen) atoms. The predicted molar refractivity (Wildman–Crippen MR) is 103 cm³/mol. The lowest BCUT2D eigenvalue weighted by Crippen LogP contribution is -2.46. The van der Waals surface area contributed by atoms with Crippen LogP contribution >= 0.6 is 0 Å². The molecule has 4 rings (SSSR count). The van der Waals surface area contributed by atoms with E-state index < -0.39 is 6.10 Å². The molecule has 0 spiro atoms. The molecule has 0 bridgehead atoms. The number of carbonyl (C=O) groups excluding carboxylic acids is 1. The topological polar surface area (TPSA) is 67.1 Å². The molecule has 2 aromatic heterocycles. The highest BCUT2D eigenvalue weighted by atomic mass is 16.5. The van der Waals surface area contributed by atoms with E-state index in [-0.39, 0.29) is 18.6 Å². The normalized spacial score (nSPS) is 19.5. The Balaban J connectivity index is 1.67. The molecule has 6 heteroatoms. The lowest BCUT2D eigenvalue weighted by molar-refractivity contribution is 0.0520. The number of carbonyl (C=O) groups is 1. The van der Waals surface area contributed by atoms with Crippen molar-refractivity contribution in [1.82, 2.24) is 14.3 Å². The molecule has 0 aliphatic carbocycles. The molecular formula is C21H23N3O3. The van der Waals surface area contributed by atoms with Gasteiger partial charge in [-0.05, 0) is 48.7 Å². The summed E-state index contributed by atoms with van der Waals surface area (Å²) in [6, 6.07) is 9.40. The molecule has 1 fully saturated rings. The van der Waals surface area contributed by atoms with E-state index in [9.17, 15) is 9.90 Å². The molecule has 0 radical (unpaired) electrons. The van der Waals surface area contributed by atoms with E-state index in [0.29, 0.717) is 18.7 Å². The van der Waals surface area contributed by atoms with Crippen molar-refractivity contribution in [2.75, 3.05) is 19.8 Å². The first-order valence-electron chi connectivity index (χ1n) is 9.19. The first-order chi connectivity index (χ1) is 13.1. The van der Waals surface area contributed by atoms with Gasteiger partial charge in [0.1, 0.15) is 5.65 Å². The van der Waals surface area contributed by atoms with Gasteiger partial charge in [0.2, 0.25) is 0 Å². The summed E-state index contributed by atoms with van der Waals surface area (Å²) < 4.78 is 7.31. The number of likely N-dealkylation sites (N-methyl/N-ethyl adjacent to an activating group) is 1. The third-order valence-electron chi connectivity index (χ3n) is 5.14. The molecule has 1 saturated heterocycles. The number of rotatable bonds is 4. The number of benzene rings is 1. The van der Waals surface area contributed by atoms with Crippen molar-refractivity contribution in [3.05, 3.63) is 60.0 Å². The van der Waals surface area contributed by atoms with E-state index >= 15 is 0 Å². The molecule has 1 aromatic carbocycles. The molecule has 3 heterocycles. The van der Waals surface area contributed by atoms with Gasteiger partial charge in [-0.1, -0.05) is 12.1 Å². The summed E-state index contributed by atoms with van der Waals surface area (Å²) in [5, 5.41) is 10.1. The van der Waals surface area contributed by atoms with Gasteiger partial charge in [0.15, 0.2) is 0 Å². The second kappa shape index (κ2) is 7.13. The minimum atomic E-state index is -0.636. The smallest absolute Gasteiger partial charge is 0.254 e. The number of ether oxygens (including phenoxy) is 1. The van der Waals surface area contributed by atoms with E-state index in [0.717, 1.165) is 22.3 Å². The Labute approximate surface area is 158 Å². The summed E-state index contributed by atoms with van der Waals surface area (Å²) in [5.74, 6) is -0.0886. The second-order valence-corrected chi connectivity index (χ2v) is 6.91.